The van der Waals surface area contributed by atoms with Crippen LogP contribution in [0.1, 0.15) is 30.0 Å². The van der Waals surface area contributed by atoms with Gasteiger partial charge in [0.15, 0.2) is 16.7 Å². The molecule has 2 rings (SSSR count). The van der Waals surface area contributed by atoms with E-state index in [2.05, 4.69) is 36.7 Å². The molecule has 0 aliphatic carbocycles. The molecule has 1 aromatic carbocycles. The van der Waals surface area contributed by atoms with Gasteiger partial charge in [-0.15, -0.1) is 6.58 Å². The fourth-order valence-electron chi connectivity index (χ4n) is 2.20. The quantitative estimate of drug-likeness (QED) is 0.671. The molecule has 0 saturated carbocycles. The highest BCUT2D eigenvalue weighted by atomic mass is 32.1. The zero-order valence-electron chi connectivity index (χ0n) is 12.0. The van der Waals surface area contributed by atoms with Crippen molar-refractivity contribution in [2.75, 3.05) is 0 Å². The number of hydrogen-bond acceptors (Lipinski definition) is 3. The molecule has 0 radical (unpaired) electrons. The third-order valence-electron chi connectivity index (χ3n) is 2.97. The second-order valence-corrected chi connectivity index (χ2v) is 5.26. The van der Waals surface area contributed by atoms with Crippen molar-refractivity contribution in [1.82, 2.24) is 14.8 Å². The summed E-state index contributed by atoms with van der Waals surface area (Å²) >= 11 is 5.21. The topological polar surface area (TPSA) is 42.8 Å². The van der Waals surface area contributed by atoms with Gasteiger partial charge in [-0.3, -0.25) is 9.67 Å². The number of aromatic nitrogens is 3. The van der Waals surface area contributed by atoms with E-state index in [4.69, 9.17) is 17.0 Å². The van der Waals surface area contributed by atoms with E-state index in [9.17, 15) is 0 Å². The van der Waals surface area contributed by atoms with Crippen LogP contribution in [0.4, 0.5) is 0 Å². The Hall–Kier alpha value is -1.88. The van der Waals surface area contributed by atoms with Gasteiger partial charge >= 0.3 is 0 Å². The van der Waals surface area contributed by atoms with E-state index in [1.165, 1.54) is 11.1 Å². The summed E-state index contributed by atoms with van der Waals surface area (Å²) in [5.74, 6) is 1.61. The molecule has 0 unspecified atom stereocenters. The number of aromatic amines is 1. The molecular formula is C15H19N3OS. The van der Waals surface area contributed by atoms with Crippen LogP contribution in [0.5, 0.6) is 5.75 Å². The number of nitrogens with zero attached hydrogens (tertiary/aromatic N) is 2. The largest absolute Gasteiger partial charge is 0.483 e. The molecule has 1 aromatic heterocycles. The fourth-order valence-corrected chi connectivity index (χ4v) is 2.42. The van der Waals surface area contributed by atoms with Crippen LogP contribution in [-0.2, 0) is 6.54 Å². The summed E-state index contributed by atoms with van der Waals surface area (Å²) < 4.78 is 8.44. The Balaban J connectivity index is 2.25. The van der Waals surface area contributed by atoms with Gasteiger partial charge in [-0.25, -0.2) is 0 Å². The molecule has 5 heteroatoms. The Kier molecular flexibility index (Phi) is 4.39. The second kappa shape index (κ2) is 6.05. The lowest BCUT2D eigenvalue weighted by atomic mass is 10.1. The average Bonchev–Trinajstić information content (AvgIpc) is 2.70. The summed E-state index contributed by atoms with van der Waals surface area (Å²) in [6.45, 7) is 10.4. The van der Waals surface area contributed by atoms with Crippen LogP contribution in [0.2, 0.25) is 0 Å². The van der Waals surface area contributed by atoms with Gasteiger partial charge < -0.3 is 4.74 Å². The third-order valence-corrected chi connectivity index (χ3v) is 3.28. The van der Waals surface area contributed by atoms with Crippen LogP contribution >= 0.6 is 12.2 Å². The van der Waals surface area contributed by atoms with Gasteiger partial charge in [0, 0.05) is 6.54 Å². The minimum absolute atomic E-state index is 0.191. The van der Waals surface area contributed by atoms with Gasteiger partial charge in [-0.2, -0.15) is 5.10 Å². The number of benzene rings is 1. The summed E-state index contributed by atoms with van der Waals surface area (Å²) in [5.41, 5.74) is 2.36. The molecule has 0 spiro atoms. The van der Waals surface area contributed by atoms with Gasteiger partial charge in [0.2, 0.25) is 0 Å². The highest BCUT2D eigenvalue weighted by Gasteiger charge is 2.15. The van der Waals surface area contributed by atoms with E-state index in [1.807, 2.05) is 23.6 Å². The van der Waals surface area contributed by atoms with Gasteiger partial charge in [-0.05, 0) is 56.2 Å². The molecule has 0 bridgehead atoms. The number of rotatable bonds is 5. The molecule has 20 heavy (non-hydrogen) atoms. The summed E-state index contributed by atoms with van der Waals surface area (Å²) in [4.78, 5) is 0. The van der Waals surface area contributed by atoms with Crippen molar-refractivity contribution < 1.29 is 4.74 Å². The van der Waals surface area contributed by atoms with E-state index >= 15 is 0 Å². The van der Waals surface area contributed by atoms with Crippen LogP contribution in [0.25, 0.3) is 0 Å². The Labute approximate surface area is 124 Å². The fraction of sp³-hybridized carbons (Fsp3) is 0.333. The molecule has 1 heterocycles. The summed E-state index contributed by atoms with van der Waals surface area (Å²) in [6, 6.07) is 6.15. The van der Waals surface area contributed by atoms with Crippen molar-refractivity contribution in [3.05, 3.63) is 52.6 Å². The monoisotopic (exact) mass is 289 g/mol. The lowest BCUT2D eigenvalue weighted by Gasteiger charge is -2.15. The number of ether oxygens (including phenoxy) is 1. The lowest BCUT2D eigenvalue weighted by molar-refractivity contribution is 0.211. The van der Waals surface area contributed by atoms with Gasteiger partial charge in [-0.1, -0.05) is 12.1 Å². The molecule has 0 amide bonds. The van der Waals surface area contributed by atoms with Gasteiger partial charge in [0.05, 0.1) is 0 Å². The van der Waals surface area contributed by atoms with E-state index in [0.717, 1.165) is 11.6 Å². The number of hydrogen-bond donors (Lipinski definition) is 1. The van der Waals surface area contributed by atoms with Crippen LogP contribution < -0.4 is 4.74 Å². The van der Waals surface area contributed by atoms with E-state index < -0.39 is 0 Å². The standard InChI is InChI=1S/C15H19N3OS/c1-5-6-18-14(16-17-15(18)20)12(4)19-13-8-10(2)7-11(3)9-13/h5,7-9,12H,1,6H2,2-4H3,(H,17,20)/t12-/m1/s1. The predicted molar refractivity (Wildman–Crippen MR) is 82.6 cm³/mol. The van der Waals surface area contributed by atoms with E-state index in [-0.39, 0.29) is 6.10 Å². The highest BCUT2D eigenvalue weighted by Crippen LogP contribution is 2.23. The normalized spacial score (nSPS) is 12.2. The second-order valence-electron chi connectivity index (χ2n) is 4.87. The minimum Gasteiger partial charge on any atom is -0.483 e. The van der Waals surface area contributed by atoms with Crippen molar-refractivity contribution in [3.8, 4) is 5.75 Å². The molecule has 1 atom stereocenters. The van der Waals surface area contributed by atoms with Crippen molar-refractivity contribution in [3.63, 3.8) is 0 Å². The van der Waals surface area contributed by atoms with Crippen molar-refractivity contribution in [2.24, 2.45) is 0 Å². The first-order chi connectivity index (χ1) is 9.51. The summed E-state index contributed by atoms with van der Waals surface area (Å²) in [7, 11) is 0. The lowest BCUT2D eigenvalue weighted by Crippen LogP contribution is -2.11. The number of nitrogens with one attached hydrogen (secondary N) is 1. The molecule has 2 aromatic rings. The summed E-state index contributed by atoms with van der Waals surface area (Å²) in [6.07, 6.45) is 1.60. The number of allylic oxidation sites excluding steroid dienone is 1. The van der Waals surface area contributed by atoms with Gasteiger partial charge in [0.1, 0.15) is 5.75 Å². The molecule has 0 fully saturated rings. The smallest absolute Gasteiger partial charge is 0.195 e. The first-order valence-corrected chi connectivity index (χ1v) is 6.93. The Morgan fingerprint density at radius 2 is 2.05 bits per heavy atom. The zero-order valence-corrected chi connectivity index (χ0v) is 12.8. The molecule has 4 nitrogen and oxygen atoms in total. The van der Waals surface area contributed by atoms with E-state index in [0.29, 0.717) is 11.3 Å². The highest BCUT2D eigenvalue weighted by molar-refractivity contribution is 7.71. The van der Waals surface area contributed by atoms with Crippen molar-refractivity contribution >= 4 is 12.2 Å². The zero-order chi connectivity index (χ0) is 14.7. The van der Waals surface area contributed by atoms with E-state index in [1.54, 1.807) is 6.08 Å². The average molecular weight is 289 g/mol. The SMILES string of the molecule is C=CCn1c([C@@H](C)Oc2cc(C)cc(C)c2)n[nH]c1=S. The summed E-state index contributed by atoms with van der Waals surface area (Å²) in [5, 5.41) is 7.05. The Morgan fingerprint density at radius 3 is 2.65 bits per heavy atom. The van der Waals surface area contributed by atoms with Crippen LogP contribution in [0.15, 0.2) is 30.9 Å². The molecule has 0 aliphatic rings. The Morgan fingerprint density at radius 1 is 1.40 bits per heavy atom. The maximum absolute atomic E-state index is 5.98. The van der Waals surface area contributed by atoms with Crippen LogP contribution in [0.3, 0.4) is 0 Å². The van der Waals surface area contributed by atoms with Crippen molar-refractivity contribution in [1.29, 1.82) is 0 Å². The maximum Gasteiger partial charge on any atom is 0.195 e. The number of H-pyrrole nitrogens is 1. The van der Waals surface area contributed by atoms with Gasteiger partial charge in [0.25, 0.3) is 0 Å². The molecule has 106 valence electrons. The predicted octanol–water partition coefficient (Wildman–Crippen LogP) is 3.88. The van der Waals surface area contributed by atoms with Crippen molar-refractivity contribution in [2.45, 2.75) is 33.4 Å². The first-order valence-electron chi connectivity index (χ1n) is 6.52. The maximum atomic E-state index is 5.98. The first kappa shape index (κ1) is 14.5. The van der Waals surface area contributed by atoms with Crippen LogP contribution in [0, 0.1) is 18.6 Å². The molecular weight excluding hydrogens is 270 g/mol. The molecule has 1 N–H and O–H groups in total. The third kappa shape index (κ3) is 3.17. The molecule has 0 aliphatic heterocycles. The molecule has 0 saturated heterocycles. The minimum atomic E-state index is -0.191. The van der Waals surface area contributed by atoms with Crippen LogP contribution in [-0.4, -0.2) is 14.8 Å². The Bertz CT molecular complexity index is 652. The number of aryl methyl sites for hydroxylation is 2.